The normalized spacial score (nSPS) is 33.4. The molecule has 0 aromatic carbocycles. The van der Waals surface area contributed by atoms with E-state index in [9.17, 15) is 9.90 Å². The molecule has 7 nitrogen and oxygen atoms in total. The lowest BCUT2D eigenvalue weighted by Crippen LogP contribution is -2.31. The van der Waals surface area contributed by atoms with E-state index < -0.39 is 0 Å². The number of esters is 1. The van der Waals surface area contributed by atoms with Gasteiger partial charge in [-0.1, -0.05) is 30.4 Å². The lowest BCUT2D eigenvalue weighted by molar-refractivity contribution is -0.203. The van der Waals surface area contributed by atoms with Gasteiger partial charge in [0.25, 0.3) is 0 Å². The van der Waals surface area contributed by atoms with Gasteiger partial charge >= 0.3 is 5.97 Å². The van der Waals surface area contributed by atoms with Crippen molar-refractivity contribution in [1.29, 1.82) is 0 Å². The van der Waals surface area contributed by atoms with E-state index in [1.807, 2.05) is 0 Å². The summed E-state index contributed by atoms with van der Waals surface area (Å²) in [6.45, 7) is 1.50. The lowest BCUT2D eigenvalue weighted by Gasteiger charge is -2.30. The van der Waals surface area contributed by atoms with Gasteiger partial charge < -0.3 is 28.8 Å². The minimum atomic E-state index is -0.348. The van der Waals surface area contributed by atoms with Crippen LogP contribution in [0.5, 0.6) is 0 Å². The van der Waals surface area contributed by atoms with Crippen molar-refractivity contribution >= 4 is 5.97 Å². The molecule has 0 aromatic rings. The maximum atomic E-state index is 11.2. The number of aliphatic hydroxyl groups excluding tert-OH is 1. The maximum Gasteiger partial charge on any atom is 0.330 e. The molecule has 0 aromatic heterocycles. The Hall–Kier alpha value is -1.51. The molecule has 2 aliphatic heterocycles. The van der Waals surface area contributed by atoms with Crippen molar-refractivity contribution in [2.24, 2.45) is 11.8 Å². The molecule has 0 bridgehead atoms. The van der Waals surface area contributed by atoms with E-state index in [0.29, 0.717) is 6.42 Å². The first kappa shape index (κ1) is 26.1. The molecule has 186 valence electrons. The highest BCUT2D eigenvalue weighted by atomic mass is 16.7. The molecule has 0 radical (unpaired) electrons. The van der Waals surface area contributed by atoms with Crippen LogP contribution in [-0.4, -0.2) is 62.8 Å². The summed E-state index contributed by atoms with van der Waals surface area (Å²) >= 11 is 0. The standard InChI is InChI=1S/C26H40O7/c1-29-24(28)13-5-3-2-4-11-20-21(12-10-16-27)23(33-26-15-7-9-18-31-26)19-22(20)32-25-14-6-8-17-30-25/h2,4-5,10,12-13,20-23,25-27H,3,6-9,11,14-19H2,1H3/t20-,21-,22+,23-,25?,26?/m1/s1. The van der Waals surface area contributed by atoms with Crippen LogP contribution in [0.1, 0.15) is 57.8 Å². The first-order chi connectivity index (χ1) is 16.2. The van der Waals surface area contributed by atoms with Gasteiger partial charge in [-0.2, -0.15) is 0 Å². The summed E-state index contributed by atoms with van der Waals surface area (Å²) in [5, 5.41) is 9.42. The Labute approximate surface area is 197 Å². The Kier molecular flexibility index (Phi) is 11.6. The molecule has 3 fully saturated rings. The Bertz CT molecular complexity index is 647. The highest BCUT2D eigenvalue weighted by Crippen LogP contribution is 2.42. The highest BCUT2D eigenvalue weighted by Gasteiger charge is 2.44. The highest BCUT2D eigenvalue weighted by molar-refractivity contribution is 5.81. The second-order valence-corrected chi connectivity index (χ2v) is 8.90. The van der Waals surface area contributed by atoms with E-state index in [1.54, 1.807) is 12.2 Å². The zero-order chi connectivity index (χ0) is 23.3. The van der Waals surface area contributed by atoms with Gasteiger partial charge in [-0.05, 0) is 57.3 Å². The molecule has 6 atom stereocenters. The van der Waals surface area contributed by atoms with Crippen LogP contribution in [-0.2, 0) is 28.5 Å². The van der Waals surface area contributed by atoms with Crippen LogP contribution in [0.15, 0.2) is 36.5 Å². The Morgan fingerprint density at radius 2 is 1.64 bits per heavy atom. The Morgan fingerprint density at radius 3 is 2.24 bits per heavy atom. The lowest BCUT2D eigenvalue weighted by atomic mass is 9.89. The van der Waals surface area contributed by atoms with Crippen molar-refractivity contribution in [1.82, 2.24) is 0 Å². The van der Waals surface area contributed by atoms with Crippen LogP contribution in [0.2, 0.25) is 0 Å². The summed E-state index contributed by atoms with van der Waals surface area (Å²) in [4.78, 5) is 11.2. The minimum Gasteiger partial charge on any atom is -0.466 e. The third kappa shape index (κ3) is 8.65. The summed E-state index contributed by atoms with van der Waals surface area (Å²) in [6, 6.07) is 0. The van der Waals surface area contributed by atoms with Gasteiger partial charge in [0.05, 0.1) is 25.9 Å². The number of carbonyl (C=O) groups excluding carboxylic acids is 1. The van der Waals surface area contributed by atoms with Crippen LogP contribution < -0.4 is 0 Å². The molecular weight excluding hydrogens is 424 g/mol. The van der Waals surface area contributed by atoms with E-state index >= 15 is 0 Å². The molecule has 0 amide bonds. The molecule has 2 saturated heterocycles. The van der Waals surface area contributed by atoms with Gasteiger partial charge in [-0.3, -0.25) is 0 Å². The van der Waals surface area contributed by atoms with Crippen molar-refractivity contribution in [3.63, 3.8) is 0 Å². The summed E-state index contributed by atoms with van der Waals surface area (Å²) in [5.74, 6) is -0.0291. The average molecular weight is 465 g/mol. The number of ether oxygens (including phenoxy) is 5. The van der Waals surface area contributed by atoms with E-state index in [4.69, 9.17) is 18.9 Å². The van der Waals surface area contributed by atoms with Crippen LogP contribution in [0.25, 0.3) is 0 Å². The maximum absolute atomic E-state index is 11.2. The van der Waals surface area contributed by atoms with Crippen LogP contribution in [0.3, 0.4) is 0 Å². The average Bonchev–Trinajstić information content (AvgIpc) is 3.16. The molecule has 2 unspecified atom stereocenters. The van der Waals surface area contributed by atoms with E-state index in [0.717, 1.165) is 64.6 Å². The van der Waals surface area contributed by atoms with Crippen LogP contribution in [0.4, 0.5) is 0 Å². The van der Waals surface area contributed by atoms with E-state index in [1.165, 1.54) is 13.2 Å². The van der Waals surface area contributed by atoms with Crippen molar-refractivity contribution < 1.29 is 33.6 Å². The van der Waals surface area contributed by atoms with Crippen molar-refractivity contribution in [2.75, 3.05) is 26.9 Å². The number of hydrogen-bond donors (Lipinski definition) is 1. The van der Waals surface area contributed by atoms with Crippen molar-refractivity contribution in [3.05, 3.63) is 36.5 Å². The van der Waals surface area contributed by atoms with Crippen molar-refractivity contribution in [3.8, 4) is 0 Å². The van der Waals surface area contributed by atoms with Gasteiger partial charge in [0.1, 0.15) is 0 Å². The third-order valence-electron chi connectivity index (χ3n) is 6.56. The molecule has 0 spiro atoms. The van der Waals surface area contributed by atoms with E-state index in [-0.39, 0.29) is 49.2 Å². The summed E-state index contributed by atoms with van der Waals surface area (Å²) in [5.41, 5.74) is 0. The molecular formula is C26H40O7. The fourth-order valence-electron chi connectivity index (χ4n) is 4.87. The molecule has 1 saturated carbocycles. The van der Waals surface area contributed by atoms with Gasteiger partial charge in [0.2, 0.25) is 0 Å². The fourth-order valence-corrected chi connectivity index (χ4v) is 4.87. The first-order valence-corrected chi connectivity index (χ1v) is 12.4. The number of carbonyl (C=O) groups is 1. The largest absolute Gasteiger partial charge is 0.466 e. The SMILES string of the molecule is COC(=O)C=CCC=CC[C@@H]1[C@@H](C=CCO)[C@H](OC2CCCCO2)C[C@@H]1OC1CCCCO1. The quantitative estimate of drug-likeness (QED) is 0.280. The first-order valence-electron chi connectivity index (χ1n) is 12.4. The zero-order valence-corrected chi connectivity index (χ0v) is 19.8. The predicted octanol–water partition coefficient (Wildman–Crippen LogP) is 4.06. The van der Waals surface area contributed by atoms with Gasteiger partial charge in [-0.15, -0.1) is 0 Å². The molecule has 2 heterocycles. The van der Waals surface area contributed by atoms with Gasteiger partial charge in [0, 0.05) is 31.6 Å². The smallest absolute Gasteiger partial charge is 0.330 e. The second kappa shape index (κ2) is 14.7. The minimum absolute atomic E-state index is 0.00128. The van der Waals surface area contributed by atoms with Crippen LogP contribution >= 0.6 is 0 Å². The van der Waals surface area contributed by atoms with Crippen LogP contribution in [0, 0.1) is 11.8 Å². The summed E-state index contributed by atoms with van der Waals surface area (Å²) in [7, 11) is 1.37. The molecule has 1 aliphatic carbocycles. The number of allylic oxidation sites excluding steroid dienone is 3. The number of rotatable bonds is 11. The Morgan fingerprint density at radius 1 is 0.939 bits per heavy atom. The second-order valence-electron chi connectivity index (χ2n) is 8.90. The molecule has 1 N–H and O–H groups in total. The zero-order valence-electron chi connectivity index (χ0n) is 19.8. The number of aliphatic hydroxyl groups is 1. The predicted molar refractivity (Wildman–Crippen MR) is 124 cm³/mol. The van der Waals surface area contributed by atoms with Crippen molar-refractivity contribution in [2.45, 2.75) is 82.6 Å². The van der Waals surface area contributed by atoms with Gasteiger partial charge in [0.15, 0.2) is 12.6 Å². The fraction of sp³-hybridized carbons (Fsp3) is 0.731. The van der Waals surface area contributed by atoms with E-state index in [2.05, 4.69) is 23.0 Å². The number of methoxy groups -OCH3 is 1. The Balaban J connectivity index is 1.67. The topological polar surface area (TPSA) is 83.5 Å². The monoisotopic (exact) mass is 464 g/mol. The third-order valence-corrected chi connectivity index (χ3v) is 6.56. The summed E-state index contributed by atoms with van der Waals surface area (Å²) < 4.78 is 29.2. The molecule has 3 aliphatic rings. The number of hydrogen-bond acceptors (Lipinski definition) is 7. The molecule has 7 heteroatoms. The molecule has 33 heavy (non-hydrogen) atoms. The summed E-state index contributed by atoms with van der Waals surface area (Å²) in [6.07, 6.45) is 19.5. The molecule has 3 rings (SSSR count). The van der Waals surface area contributed by atoms with Gasteiger partial charge in [-0.25, -0.2) is 4.79 Å².